The van der Waals surface area contributed by atoms with E-state index in [1.54, 1.807) is 17.0 Å². The molecule has 2 amide bonds. The molecule has 0 bridgehead atoms. The normalized spacial score (nSPS) is 14.4. The molecule has 0 spiro atoms. The van der Waals surface area contributed by atoms with Crippen molar-refractivity contribution in [3.05, 3.63) is 84.8 Å². The van der Waals surface area contributed by atoms with Crippen molar-refractivity contribution in [1.29, 1.82) is 0 Å². The number of hydrogen-bond donors (Lipinski definition) is 1. The van der Waals surface area contributed by atoms with E-state index in [1.807, 2.05) is 54.6 Å². The van der Waals surface area contributed by atoms with Crippen molar-refractivity contribution in [2.75, 3.05) is 24.7 Å². The second kappa shape index (κ2) is 10.4. The standard InChI is InChI=1S/C27H26N4O5S/c1-37(33,34)22-11-7-8-20(18-22)25-29-26(36-30-25)19-14-16-31(17-15-19)27(32)28-23-12-5-6-13-24(23)35-21-9-3-2-4-10-21/h2-13,18-19H,14-17H2,1H3,(H,28,32). The topological polar surface area (TPSA) is 115 Å². The Kier molecular flexibility index (Phi) is 6.91. The highest BCUT2D eigenvalue weighted by atomic mass is 32.2. The number of carbonyl (C=O) groups excluding carboxylic acids is 1. The van der Waals surface area contributed by atoms with Crippen molar-refractivity contribution < 1.29 is 22.5 Å². The summed E-state index contributed by atoms with van der Waals surface area (Å²) in [5.74, 6) is 2.09. The number of anilines is 1. The van der Waals surface area contributed by atoms with Crippen LogP contribution in [0.2, 0.25) is 0 Å². The Labute approximate surface area is 215 Å². The average Bonchev–Trinajstić information content (AvgIpc) is 3.41. The Hall–Kier alpha value is -4.18. The molecule has 4 aromatic rings. The second-order valence-corrected chi connectivity index (χ2v) is 10.9. The fourth-order valence-electron chi connectivity index (χ4n) is 4.18. The summed E-state index contributed by atoms with van der Waals surface area (Å²) in [5, 5.41) is 7.01. The van der Waals surface area contributed by atoms with Gasteiger partial charge >= 0.3 is 6.03 Å². The predicted octanol–water partition coefficient (Wildman–Crippen LogP) is 5.34. The van der Waals surface area contributed by atoms with Gasteiger partial charge in [0.25, 0.3) is 0 Å². The molecule has 0 atom stereocenters. The van der Waals surface area contributed by atoms with E-state index in [9.17, 15) is 13.2 Å². The summed E-state index contributed by atoms with van der Waals surface area (Å²) in [5.41, 5.74) is 1.17. The number of nitrogens with one attached hydrogen (secondary N) is 1. The van der Waals surface area contributed by atoms with Gasteiger partial charge in [0.15, 0.2) is 15.6 Å². The monoisotopic (exact) mass is 518 g/mol. The van der Waals surface area contributed by atoms with Crippen molar-refractivity contribution in [2.24, 2.45) is 0 Å². The van der Waals surface area contributed by atoms with Crippen molar-refractivity contribution in [3.63, 3.8) is 0 Å². The van der Waals surface area contributed by atoms with Crippen LogP contribution in [0.3, 0.4) is 0 Å². The quantitative estimate of drug-likeness (QED) is 0.366. The van der Waals surface area contributed by atoms with E-state index in [4.69, 9.17) is 9.26 Å². The molecule has 0 unspecified atom stereocenters. The zero-order valence-electron chi connectivity index (χ0n) is 20.2. The predicted molar refractivity (Wildman–Crippen MR) is 138 cm³/mol. The van der Waals surface area contributed by atoms with E-state index in [2.05, 4.69) is 15.5 Å². The molecule has 1 aliphatic heterocycles. The Morgan fingerprint density at radius 1 is 1.00 bits per heavy atom. The first-order valence-corrected chi connectivity index (χ1v) is 13.8. The number of para-hydroxylation sites is 3. The fraction of sp³-hybridized carbons (Fsp3) is 0.222. The zero-order chi connectivity index (χ0) is 25.8. The molecule has 1 saturated heterocycles. The summed E-state index contributed by atoms with van der Waals surface area (Å²) in [6.45, 7) is 1.05. The molecule has 1 fully saturated rings. The van der Waals surface area contributed by atoms with Gasteiger partial charge in [-0.2, -0.15) is 4.98 Å². The molecule has 0 saturated carbocycles. The van der Waals surface area contributed by atoms with Crippen LogP contribution in [0.1, 0.15) is 24.7 Å². The van der Waals surface area contributed by atoms with Crippen LogP contribution in [0.15, 0.2) is 88.3 Å². The smallest absolute Gasteiger partial charge is 0.321 e. The van der Waals surface area contributed by atoms with E-state index >= 15 is 0 Å². The van der Waals surface area contributed by atoms with Crippen LogP contribution in [0.4, 0.5) is 10.5 Å². The van der Waals surface area contributed by atoms with Crippen LogP contribution in [0.5, 0.6) is 11.5 Å². The van der Waals surface area contributed by atoms with Gasteiger partial charge in [0.05, 0.1) is 10.6 Å². The summed E-state index contributed by atoms with van der Waals surface area (Å²) in [7, 11) is -3.34. The highest BCUT2D eigenvalue weighted by Crippen LogP contribution is 2.32. The third-order valence-electron chi connectivity index (χ3n) is 6.19. The Bertz CT molecular complexity index is 1500. The summed E-state index contributed by atoms with van der Waals surface area (Å²) in [6.07, 6.45) is 2.49. The highest BCUT2D eigenvalue weighted by molar-refractivity contribution is 7.90. The molecule has 3 aromatic carbocycles. The van der Waals surface area contributed by atoms with Gasteiger partial charge in [-0.3, -0.25) is 0 Å². The number of urea groups is 1. The average molecular weight is 519 g/mol. The third kappa shape index (κ3) is 5.80. The maximum absolute atomic E-state index is 13.0. The molecule has 0 radical (unpaired) electrons. The molecular weight excluding hydrogens is 492 g/mol. The zero-order valence-corrected chi connectivity index (χ0v) is 21.0. The summed E-state index contributed by atoms with van der Waals surface area (Å²) < 4.78 is 35.2. The number of rotatable bonds is 6. The molecule has 1 N–H and O–H groups in total. The first kappa shape index (κ1) is 24.5. The third-order valence-corrected chi connectivity index (χ3v) is 7.30. The molecule has 1 aliphatic rings. The van der Waals surface area contributed by atoms with E-state index in [0.717, 1.165) is 6.26 Å². The van der Waals surface area contributed by atoms with E-state index in [-0.39, 0.29) is 16.8 Å². The molecular formula is C27H26N4O5S. The summed E-state index contributed by atoms with van der Waals surface area (Å²) in [4.78, 5) is 19.4. The van der Waals surface area contributed by atoms with Gasteiger partial charge in [-0.25, -0.2) is 13.2 Å². The molecule has 190 valence electrons. The summed E-state index contributed by atoms with van der Waals surface area (Å²) in [6, 6.07) is 23.0. The van der Waals surface area contributed by atoms with Crippen LogP contribution < -0.4 is 10.1 Å². The maximum Gasteiger partial charge on any atom is 0.321 e. The Morgan fingerprint density at radius 2 is 1.73 bits per heavy atom. The van der Waals surface area contributed by atoms with Crippen molar-refractivity contribution in [1.82, 2.24) is 15.0 Å². The molecule has 37 heavy (non-hydrogen) atoms. The lowest BCUT2D eigenvalue weighted by Gasteiger charge is -2.30. The highest BCUT2D eigenvalue weighted by Gasteiger charge is 2.28. The van der Waals surface area contributed by atoms with Crippen molar-refractivity contribution in [2.45, 2.75) is 23.7 Å². The number of sulfone groups is 1. The van der Waals surface area contributed by atoms with Crippen LogP contribution >= 0.6 is 0 Å². The van der Waals surface area contributed by atoms with Gasteiger partial charge in [0, 0.05) is 30.8 Å². The van der Waals surface area contributed by atoms with E-state index in [1.165, 1.54) is 12.1 Å². The van der Waals surface area contributed by atoms with Crippen LogP contribution in [0.25, 0.3) is 11.4 Å². The number of likely N-dealkylation sites (tertiary alicyclic amines) is 1. The largest absolute Gasteiger partial charge is 0.455 e. The number of ether oxygens (including phenoxy) is 1. The first-order valence-electron chi connectivity index (χ1n) is 11.9. The lowest BCUT2D eigenvalue weighted by molar-refractivity contribution is 0.187. The van der Waals surface area contributed by atoms with Gasteiger partial charge in [-0.1, -0.05) is 47.6 Å². The summed E-state index contributed by atoms with van der Waals surface area (Å²) >= 11 is 0. The van der Waals surface area contributed by atoms with Crippen molar-refractivity contribution >= 4 is 21.6 Å². The van der Waals surface area contributed by atoms with Gasteiger partial charge < -0.3 is 19.5 Å². The molecule has 9 nitrogen and oxygen atoms in total. The maximum atomic E-state index is 13.0. The minimum Gasteiger partial charge on any atom is -0.455 e. The van der Waals surface area contributed by atoms with Crippen molar-refractivity contribution in [3.8, 4) is 22.9 Å². The van der Waals surface area contributed by atoms with Crippen LogP contribution in [-0.4, -0.2) is 48.8 Å². The van der Waals surface area contributed by atoms with Gasteiger partial charge in [-0.05, 0) is 49.2 Å². The number of piperidine rings is 1. The molecule has 2 heterocycles. The Morgan fingerprint density at radius 3 is 2.49 bits per heavy atom. The number of aromatic nitrogens is 2. The van der Waals surface area contributed by atoms with Gasteiger partial charge in [0.2, 0.25) is 11.7 Å². The molecule has 10 heteroatoms. The van der Waals surface area contributed by atoms with E-state index in [0.29, 0.717) is 60.4 Å². The SMILES string of the molecule is CS(=O)(=O)c1cccc(-c2noc(C3CCN(C(=O)Nc4ccccc4Oc4ccccc4)CC3)n2)c1. The lowest BCUT2D eigenvalue weighted by atomic mass is 9.97. The second-order valence-electron chi connectivity index (χ2n) is 8.86. The first-order chi connectivity index (χ1) is 17.9. The molecule has 1 aromatic heterocycles. The minimum absolute atomic E-state index is 0.0112. The number of amides is 2. The van der Waals surface area contributed by atoms with Gasteiger partial charge in [0.1, 0.15) is 5.75 Å². The van der Waals surface area contributed by atoms with Crippen LogP contribution in [0, 0.1) is 0 Å². The lowest BCUT2D eigenvalue weighted by Crippen LogP contribution is -2.40. The molecule has 0 aliphatic carbocycles. The molecule has 5 rings (SSSR count). The van der Waals surface area contributed by atoms with Crippen LogP contribution in [-0.2, 0) is 9.84 Å². The number of nitrogens with zero attached hydrogens (tertiary/aromatic N) is 3. The minimum atomic E-state index is -3.34. The fourth-order valence-corrected chi connectivity index (χ4v) is 4.85. The van der Waals surface area contributed by atoms with Gasteiger partial charge in [-0.15, -0.1) is 0 Å². The Balaban J connectivity index is 1.20. The van der Waals surface area contributed by atoms with E-state index < -0.39 is 9.84 Å². The number of hydrogen-bond acceptors (Lipinski definition) is 7. The number of carbonyl (C=O) groups is 1. The number of benzene rings is 3.